The van der Waals surface area contributed by atoms with Gasteiger partial charge in [-0.3, -0.25) is 4.79 Å². The van der Waals surface area contributed by atoms with Crippen LogP contribution in [0.2, 0.25) is 0 Å². The minimum absolute atomic E-state index is 0. The highest BCUT2D eigenvalue weighted by molar-refractivity contribution is 5.96. The van der Waals surface area contributed by atoms with Crippen LogP contribution in [0.1, 0.15) is 42.7 Å². The van der Waals surface area contributed by atoms with Crippen molar-refractivity contribution in [2.24, 2.45) is 5.73 Å². The summed E-state index contributed by atoms with van der Waals surface area (Å²) in [5, 5.41) is 3.85. The molecule has 4 nitrogen and oxygen atoms in total. The SMILES string of the molecule is Cl.NC1(CNC(=O)c2cc3ccccc3o2)CCCCC1. The van der Waals surface area contributed by atoms with Gasteiger partial charge in [0.25, 0.3) is 5.91 Å². The second-order valence-electron chi connectivity index (χ2n) is 5.75. The predicted octanol–water partition coefficient (Wildman–Crippen LogP) is 3.25. The zero-order valence-corrected chi connectivity index (χ0v) is 12.7. The van der Waals surface area contributed by atoms with Gasteiger partial charge in [0.15, 0.2) is 5.76 Å². The lowest BCUT2D eigenvalue weighted by molar-refractivity contribution is 0.0912. The van der Waals surface area contributed by atoms with Gasteiger partial charge in [0.2, 0.25) is 0 Å². The fraction of sp³-hybridized carbons (Fsp3) is 0.438. The van der Waals surface area contributed by atoms with Gasteiger partial charge in [-0.1, -0.05) is 37.5 Å². The highest BCUT2D eigenvalue weighted by Crippen LogP contribution is 2.25. The van der Waals surface area contributed by atoms with E-state index in [1.165, 1.54) is 6.42 Å². The van der Waals surface area contributed by atoms with Crippen molar-refractivity contribution < 1.29 is 9.21 Å². The average Bonchev–Trinajstić information content (AvgIpc) is 2.89. The van der Waals surface area contributed by atoms with Crippen molar-refractivity contribution in [3.63, 3.8) is 0 Å². The molecule has 0 unspecified atom stereocenters. The van der Waals surface area contributed by atoms with E-state index in [1.54, 1.807) is 6.07 Å². The fourth-order valence-corrected chi connectivity index (χ4v) is 2.87. The Morgan fingerprint density at radius 3 is 2.67 bits per heavy atom. The first kappa shape index (κ1) is 15.9. The number of nitrogens with one attached hydrogen (secondary N) is 1. The van der Waals surface area contributed by atoms with E-state index in [4.69, 9.17) is 10.2 Å². The first-order chi connectivity index (χ1) is 9.66. The molecule has 1 aromatic carbocycles. The Balaban J connectivity index is 0.00000161. The number of amides is 1. The molecule has 21 heavy (non-hydrogen) atoms. The molecule has 0 saturated heterocycles. The topological polar surface area (TPSA) is 68.3 Å². The van der Waals surface area contributed by atoms with Gasteiger partial charge >= 0.3 is 0 Å². The highest BCUT2D eigenvalue weighted by atomic mass is 35.5. The molecule has 114 valence electrons. The van der Waals surface area contributed by atoms with E-state index in [2.05, 4.69) is 5.32 Å². The zero-order valence-electron chi connectivity index (χ0n) is 11.9. The van der Waals surface area contributed by atoms with Gasteiger partial charge in [0.05, 0.1) is 0 Å². The Labute approximate surface area is 130 Å². The van der Waals surface area contributed by atoms with Crippen molar-refractivity contribution in [2.45, 2.75) is 37.6 Å². The third-order valence-electron chi connectivity index (χ3n) is 4.10. The van der Waals surface area contributed by atoms with Crippen molar-refractivity contribution in [1.29, 1.82) is 0 Å². The summed E-state index contributed by atoms with van der Waals surface area (Å²) in [5.41, 5.74) is 6.80. The number of fused-ring (bicyclic) bond motifs is 1. The highest BCUT2D eigenvalue weighted by Gasteiger charge is 2.28. The molecule has 0 atom stereocenters. The lowest BCUT2D eigenvalue weighted by atomic mass is 9.82. The fourth-order valence-electron chi connectivity index (χ4n) is 2.87. The molecular weight excluding hydrogens is 288 g/mol. The van der Waals surface area contributed by atoms with E-state index in [0.29, 0.717) is 12.3 Å². The number of carbonyl (C=O) groups is 1. The maximum Gasteiger partial charge on any atom is 0.287 e. The summed E-state index contributed by atoms with van der Waals surface area (Å²) in [6.45, 7) is 0.517. The summed E-state index contributed by atoms with van der Waals surface area (Å²) in [7, 11) is 0. The second-order valence-corrected chi connectivity index (χ2v) is 5.75. The maximum absolute atomic E-state index is 12.1. The van der Waals surface area contributed by atoms with Gasteiger partial charge in [0, 0.05) is 17.5 Å². The van der Waals surface area contributed by atoms with Crippen molar-refractivity contribution in [3.8, 4) is 0 Å². The third kappa shape index (κ3) is 3.57. The summed E-state index contributed by atoms with van der Waals surface area (Å²) in [4.78, 5) is 12.1. The quantitative estimate of drug-likeness (QED) is 0.914. The van der Waals surface area contributed by atoms with Crippen molar-refractivity contribution in [3.05, 3.63) is 36.1 Å². The van der Waals surface area contributed by atoms with Crippen LogP contribution in [0.5, 0.6) is 0 Å². The minimum atomic E-state index is -0.250. The Morgan fingerprint density at radius 1 is 1.24 bits per heavy atom. The number of carbonyl (C=O) groups excluding carboxylic acids is 1. The molecule has 5 heteroatoms. The first-order valence-corrected chi connectivity index (χ1v) is 7.22. The van der Waals surface area contributed by atoms with E-state index in [0.717, 1.165) is 36.7 Å². The zero-order chi connectivity index (χ0) is 14.0. The number of benzene rings is 1. The molecule has 1 fully saturated rings. The van der Waals surface area contributed by atoms with E-state index in [-0.39, 0.29) is 23.9 Å². The summed E-state index contributed by atoms with van der Waals surface area (Å²) in [6, 6.07) is 9.38. The van der Waals surface area contributed by atoms with E-state index >= 15 is 0 Å². The molecule has 1 aliphatic carbocycles. The van der Waals surface area contributed by atoms with Crippen LogP contribution in [0.3, 0.4) is 0 Å². The minimum Gasteiger partial charge on any atom is -0.451 e. The second kappa shape index (κ2) is 6.50. The number of hydrogen-bond donors (Lipinski definition) is 2. The smallest absolute Gasteiger partial charge is 0.287 e. The molecule has 1 amide bonds. The van der Waals surface area contributed by atoms with E-state index < -0.39 is 0 Å². The molecular formula is C16H21ClN2O2. The summed E-state index contributed by atoms with van der Waals surface area (Å²) >= 11 is 0. The number of rotatable bonds is 3. The predicted molar refractivity (Wildman–Crippen MR) is 85.8 cm³/mol. The van der Waals surface area contributed by atoms with Gasteiger partial charge in [-0.2, -0.15) is 0 Å². The van der Waals surface area contributed by atoms with E-state index in [1.807, 2.05) is 24.3 Å². The molecule has 0 bridgehead atoms. The summed E-state index contributed by atoms with van der Waals surface area (Å²) in [5.74, 6) is 0.169. The number of halogens is 1. The molecule has 2 aromatic rings. The molecule has 1 aromatic heterocycles. The standard InChI is InChI=1S/C16H20N2O2.ClH/c17-16(8-4-1-5-9-16)11-18-15(19)14-10-12-6-2-3-7-13(12)20-14;/h2-3,6-7,10H,1,4-5,8-9,11,17H2,(H,18,19);1H. The molecule has 0 aliphatic heterocycles. The van der Waals surface area contributed by atoms with E-state index in [9.17, 15) is 4.79 Å². The summed E-state index contributed by atoms with van der Waals surface area (Å²) in [6.07, 6.45) is 5.51. The average molecular weight is 309 g/mol. The van der Waals surface area contributed by atoms with Gasteiger partial charge in [0.1, 0.15) is 5.58 Å². The normalized spacial score (nSPS) is 17.2. The van der Waals surface area contributed by atoms with Crippen LogP contribution in [0.15, 0.2) is 34.7 Å². The largest absolute Gasteiger partial charge is 0.451 e. The van der Waals surface area contributed by atoms with Crippen LogP contribution in [-0.2, 0) is 0 Å². The van der Waals surface area contributed by atoms with Crippen LogP contribution >= 0.6 is 12.4 Å². The number of furan rings is 1. The monoisotopic (exact) mass is 308 g/mol. The molecule has 0 radical (unpaired) electrons. The first-order valence-electron chi connectivity index (χ1n) is 7.22. The maximum atomic E-state index is 12.1. The van der Waals surface area contributed by atoms with Crippen molar-refractivity contribution in [2.75, 3.05) is 6.54 Å². The number of nitrogens with two attached hydrogens (primary N) is 1. The molecule has 3 N–H and O–H groups in total. The summed E-state index contributed by atoms with van der Waals surface area (Å²) < 4.78 is 5.55. The third-order valence-corrected chi connectivity index (χ3v) is 4.10. The van der Waals surface area contributed by atoms with Crippen LogP contribution in [0, 0.1) is 0 Å². The molecule has 1 saturated carbocycles. The molecule has 1 aliphatic rings. The Bertz CT molecular complexity index is 585. The van der Waals surface area contributed by atoms with Gasteiger partial charge in [-0.25, -0.2) is 0 Å². The van der Waals surface area contributed by atoms with Crippen LogP contribution in [0.4, 0.5) is 0 Å². The van der Waals surface area contributed by atoms with Crippen LogP contribution in [-0.4, -0.2) is 18.0 Å². The number of hydrogen-bond acceptors (Lipinski definition) is 3. The van der Waals surface area contributed by atoms with Gasteiger partial charge in [-0.15, -0.1) is 12.4 Å². The van der Waals surface area contributed by atoms with Crippen LogP contribution < -0.4 is 11.1 Å². The van der Waals surface area contributed by atoms with Gasteiger partial charge < -0.3 is 15.5 Å². The Kier molecular flexibility index (Phi) is 4.91. The Hall–Kier alpha value is -1.52. The molecule has 3 rings (SSSR count). The van der Waals surface area contributed by atoms with Crippen LogP contribution in [0.25, 0.3) is 11.0 Å². The van der Waals surface area contributed by atoms with Crippen molar-refractivity contribution in [1.82, 2.24) is 5.32 Å². The molecule has 1 heterocycles. The Morgan fingerprint density at radius 2 is 1.95 bits per heavy atom. The lowest BCUT2D eigenvalue weighted by Crippen LogP contribution is -2.51. The van der Waals surface area contributed by atoms with Crippen molar-refractivity contribution >= 4 is 29.3 Å². The number of para-hydroxylation sites is 1. The lowest BCUT2D eigenvalue weighted by Gasteiger charge is -2.33. The van der Waals surface area contributed by atoms with Gasteiger partial charge in [-0.05, 0) is 25.0 Å². The molecule has 0 spiro atoms.